The summed E-state index contributed by atoms with van der Waals surface area (Å²) in [5.41, 5.74) is 5.91. The maximum Gasteiger partial charge on any atom is 0.231 e. The molecule has 0 saturated carbocycles. The summed E-state index contributed by atoms with van der Waals surface area (Å²) in [6, 6.07) is 16.0. The number of benzene rings is 2. The minimum Gasteiger partial charge on any atom is -0.454 e. The normalized spacial score (nSPS) is 12.2. The zero-order valence-corrected chi connectivity index (χ0v) is 16.4. The van der Waals surface area contributed by atoms with Crippen LogP contribution in [0.1, 0.15) is 17.5 Å². The van der Waals surface area contributed by atoms with E-state index in [0.717, 1.165) is 33.5 Å². The van der Waals surface area contributed by atoms with E-state index in [1.54, 1.807) is 6.21 Å². The van der Waals surface area contributed by atoms with E-state index in [1.165, 1.54) is 0 Å². The topological polar surface area (TPSA) is 83.6 Å². The van der Waals surface area contributed by atoms with Gasteiger partial charge in [0, 0.05) is 35.8 Å². The van der Waals surface area contributed by atoms with Crippen molar-refractivity contribution >= 4 is 34.4 Å². The fraction of sp³-hybridized carbons (Fsp3) is 0.190. The number of hydrazone groups is 1. The average molecular weight is 405 g/mol. The van der Waals surface area contributed by atoms with E-state index in [-0.39, 0.29) is 6.79 Å². The van der Waals surface area contributed by atoms with Gasteiger partial charge in [0.25, 0.3) is 0 Å². The zero-order chi connectivity index (χ0) is 20.1. The standard InChI is InChI=1S/C21H19N5O2S/c22-8-3-9-26-13-16(17-4-1-2-5-18(17)26)12-24-25-21(29)23-11-15-6-7-19-20(10-15)28-14-27-19/h1-2,4-7,10,12-13H,3,9,11,14H2,(H2,23,25,29)/b24-12-. The number of thiocarbonyl (C=S) groups is 1. The fourth-order valence-electron chi connectivity index (χ4n) is 3.17. The van der Waals surface area contributed by atoms with E-state index in [2.05, 4.69) is 26.5 Å². The zero-order valence-electron chi connectivity index (χ0n) is 15.6. The molecule has 2 N–H and O–H groups in total. The summed E-state index contributed by atoms with van der Waals surface area (Å²) < 4.78 is 12.8. The van der Waals surface area contributed by atoms with Gasteiger partial charge in [0.2, 0.25) is 6.79 Å². The van der Waals surface area contributed by atoms with Gasteiger partial charge < -0.3 is 19.4 Å². The molecule has 29 heavy (non-hydrogen) atoms. The minimum atomic E-state index is 0.258. The van der Waals surface area contributed by atoms with Crippen molar-refractivity contribution in [1.82, 2.24) is 15.3 Å². The van der Waals surface area contributed by atoms with Crippen molar-refractivity contribution in [2.24, 2.45) is 5.10 Å². The number of ether oxygens (including phenoxy) is 2. The molecule has 0 radical (unpaired) electrons. The Labute approximate surface area is 173 Å². The molecule has 7 nitrogen and oxygen atoms in total. The number of para-hydroxylation sites is 1. The number of fused-ring (bicyclic) bond motifs is 2. The monoisotopic (exact) mass is 405 g/mol. The Morgan fingerprint density at radius 1 is 1.24 bits per heavy atom. The summed E-state index contributed by atoms with van der Waals surface area (Å²) >= 11 is 5.29. The number of hydrogen-bond donors (Lipinski definition) is 2. The predicted molar refractivity (Wildman–Crippen MR) is 115 cm³/mol. The first-order valence-corrected chi connectivity index (χ1v) is 9.55. The highest BCUT2D eigenvalue weighted by Crippen LogP contribution is 2.32. The first kappa shape index (κ1) is 18.8. The third-order valence-electron chi connectivity index (χ3n) is 4.54. The molecule has 2 heterocycles. The number of nitrogens with one attached hydrogen (secondary N) is 2. The highest BCUT2D eigenvalue weighted by Gasteiger charge is 2.13. The highest BCUT2D eigenvalue weighted by molar-refractivity contribution is 7.80. The molecule has 0 aliphatic carbocycles. The third-order valence-corrected chi connectivity index (χ3v) is 4.78. The Balaban J connectivity index is 1.36. The lowest BCUT2D eigenvalue weighted by Gasteiger charge is -2.07. The van der Waals surface area contributed by atoms with Crippen LogP contribution in [-0.4, -0.2) is 22.7 Å². The smallest absolute Gasteiger partial charge is 0.231 e. The molecule has 0 spiro atoms. The fourth-order valence-corrected chi connectivity index (χ4v) is 3.29. The number of aryl methyl sites for hydroxylation is 1. The summed E-state index contributed by atoms with van der Waals surface area (Å²) in [6.07, 6.45) is 4.19. The van der Waals surface area contributed by atoms with Crippen molar-refractivity contribution in [3.8, 4) is 17.6 Å². The van der Waals surface area contributed by atoms with Crippen LogP contribution < -0.4 is 20.2 Å². The van der Waals surface area contributed by atoms with Crippen LogP contribution in [0.5, 0.6) is 11.5 Å². The van der Waals surface area contributed by atoms with Gasteiger partial charge in [-0.05, 0) is 36.0 Å². The lowest BCUT2D eigenvalue weighted by atomic mass is 10.2. The van der Waals surface area contributed by atoms with E-state index < -0.39 is 0 Å². The maximum atomic E-state index is 8.85. The Morgan fingerprint density at radius 2 is 2.10 bits per heavy atom. The first-order valence-electron chi connectivity index (χ1n) is 9.15. The van der Waals surface area contributed by atoms with Crippen LogP contribution in [0.15, 0.2) is 53.8 Å². The van der Waals surface area contributed by atoms with E-state index >= 15 is 0 Å². The Bertz CT molecular complexity index is 1120. The highest BCUT2D eigenvalue weighted by atomic mass is 32.1. The average Bonchev–Trinajstić information content (AvgIpc) is 3.35. The molecule has 0 fully saturated rings. The van der Waals surface area contributed by atoms with Gasteiger partial charge in [-0.1, -0.05) is 24.3 Å². The summed E-state index contributed by atoms with van der Waals surface area (Å²) in [6.45, 7) is 1.45. The number of rotatable bonds is 6. The largest absolute Gasteiger partial charge is 0.454 e. The van der Waals surface area contributed by atoms with Crippen LogP contribution in [0.25, 0.3) is 10.9 Å². The van der Waals surface area contributed by atoms with Crippen LogP contribution in [0.4, 0.5) is 0 Å². The van der Waals surface area contributed by atoms with Gasteiger partial charge in [-0.2, -0.15) is 10.4 Å². The molecule has 0 saturated heterocycles. The predicted octanol–water partition coefficient (Wildman–Crippen LogP) is 3.28. The second-order valence-electron chi connectivity index (χ2n) is 6.44. The van der Waals surface area contributed by atoms with E-state index in [9.17, 15) is 0 Å². The quantitative estimate of drug-likeness (QED) is 0.372. The minimum absolute atomic E-state index is 0.258. The molecule has 2 aromatic carbocycles. The molecule has 1 aliphatic rings. The van der Waals surface area contributed by atoms with Gasteiger partial charge in [-0.15, -0.1) is 0 Å². The molecule has 0 unspecified atom stereocenters. The Kier molecular flexibility index (Phi) is 5.59. The van der Waals surface area contributed by atoms with Crippen molar-refractivity contribution in [2.45, 2.75) is 19.5 Å². The van der Waals surface area contributed by atoms with Crippen molar-refractivity contribution < 1.29 is 9.47 Å². The molecule has 8 heteroatoms. The number of hydrogen-bond acceptors (Lipinski definition) is 5. The van der Waals surface area contributed by atoms with Crippen LogP contribution in [0.2, 0.25) is 0 Å². The van der Waals surface area contributed by atoms with Crippen LogP contribution in [0, 0.1) is 11.3 Å². The number of nitriles is 1. The molecule has 4 rings (SSSR count). The molecular weight excluding hydrogens is 386 g/mol. The molecule has 0 amide bonds. The molecule has 3 aromatic rings. The molecule has 1 aliphatic heterocycles. The molecular formula is C21H19N5O2S. The van der Waals surface area contributed by atoms with Crippen molar-refractivity contribution in [3.63, 3.8) is 0 Å². The summed E-state index contributed by atoms with van der Waals surface area (Å²) in [4.78, 5) is 0. The lowest BCUT2D eigenvalue weighted by molar-refractivity contribution is 0.174. The summed E-state index contributed by atoms with van der Waals surface area (Å²) in [5, 5.41) is 17.7. The van der Waals surface area contributed by atoms with Gasteiger partial charge in [-0.3, -0.25) is 5.43 Å². The SMILES string of the molecule is N#CCCn1cc(/C=N\NC(=S)NCc2ccc3c(c2)OCO3)c2ccccc21. The van der Waals surface area contributed by atoms with Crippen LogP contribution in [-0.2, 0) is 13.1 Å². The van der Waals surface area contributed by atoms with Crippen molar-refractivity contribution in [3.05, 3.63) is 59.8 Å². The molecule has 1 aromatic heterocycles. The van der Waals surface area contributed by atoms with Gasteiger partial charge in [0.15, 0.2) is 16.6 Å². The van der Waals surface area contributed by atoms with Crippen LogP contribution in [0.3, 0.4) is 0 Å². The maximum absolute atomic E-state index is 8.85. The lowest BCUT2D eigenvalue weighted by Crippen LogP contribution is -2.31. The Morgan fingerprint density at radius 3 is 3.00 bits per heavy atom. The van der Waals surface area contributed by atoms with Gasteiger partial charge >= 0.3 is 0 Å². The second kappa shape index (κ2) is 8.63. The van der Waals surface area contributed by atoms with Gasteiger partial charge in [-0.25, -0.2) is 0 Å². The molecule has 0 bridgehead atoms. The van der Waals surface area contributed by atoms with Gasteiger partial charge in [0.05, 0.1) is 18.7 Å². The van der Waals surface area contributed by atoms with Crippen molar-refractivity contribution in [2.75, 3.05) is 6.79 Å². The third kappa shape index (κ3) is 4.31. The van der Waals surface area contributed by atoms with Gasteiger partial charge in [0.1, 0.15) is 0 Å². The molecule has 0 atom stereocenters. The molecule has 146 valence electrons. The van der Waals surface area contributed by atoms with E-state index in [1.807, 2.05) is 48.7 Å². The van der Waals surface area contributed by atoms with Crippen LogP contribution >= 0.6 is 12.2 Å². The summed E-state index contributed by atoms with van der Waals surface area (Å²) in [7, 11) is 0. The number of aromatic nitrogens is 1. The van der Waals surface area contributed by atoms with Crippen molar-refractivity contribution in [1.29, 1.82) is 5.26 Å². The Hall–Kier alpha value is -3.57. The second-order valence-corrected chi connectivity index (χ2v) is 6.85. The number of nitrogens with zero attached hydrogens (tertiary/aromatic N) is 3. The van der Waals surface area contributed by atoms with E-state index in [0.29, 0.717) is 24.6 Å². The summed E-state index contributed by atoms with van der Waals surface area (Å²) in [5.74, 6) is 1.50. The van der Waals surface area contributed by atoms with E-state index in [4.69, 9.17) is 27.0 Å². The first-order chi connectivity index (χ1) is 14.2.